The van der Waals surface area contributed by atoms with Crippen LogP contribution < -0.4 is 16.0 Å². The lowest BCUT2D eigenvalue weighted by molar-refractivity contribution is -0.137. The fraction of sp³-hybridized carbons (Fsp3) is 0.0789. The molecule has 0 saturated heterocycles. The number of halogens is 3. The van der Waals surface area contributed by atoms with Crippen LogP contribution in [0, 0.1) is 6.92 Å². The molecule has 5 rings (SSSR count). The molecule has 0 aliphatic carbocycles. The van der Waals surface area contributed by atoms with Gasteiger partial charge in [-0.1, -0.05) is 96.6 Å². The summed E-state index contributed by atoms with van der Waals surface area (Å²) in [5.74, 6) is -1.69. The predicted octanol–water partition coefficient (Wildman–Crippen LogP) is 8.90. The molecule has 0 radical (unpaired) electrons. The van der Waals surface area contributed by atoms with E-state index in [9.17, 15) is 27.6 Å². The highest BCUT2D eigenvalue weighted by Gasteiger charge is 2.34. The first kappa shape index (κ1) is 33.7. The molecule has 1 unspecified atom stereocenters. The topological polar surface area (TPSA) is 87.3 Å². The predicted molar refractivity (Wildman–Crippen MR) is 183 cm³/mol. The summed E-state index contributed by atoms with van der Waals surface area (Å²) in [4.78, 5) is 40.7. The quantitative estimate of drug-likeness (QED) is 0.103. The van der Waals surface area contributed by atoms with Crippen molar-refractivity contribution in [3.8, 4) is 0 Å². The van der Waals surface area contributed by atoms with Crippen LogP contribution in [0.15, 0.2) is 144 Å². The number of thioether (sulfide) groups is 1. The molecule has 48 heavy (non-hydrogen) atoms. The molecule has 0 aromatic heterocycles. The van der Waals surface area contributed by atoms with Crippen molar-refractivity contribution in [3.05, 3.63) is 167 Å². The highest BCUT2D eigenvalue weighted by molar-refractivity contribution is 8.00. The molecule has 0 spiro atoms. The number of benzene rings is 5. The molecule has 0 aliphatic heterocycles. The standard InChI is InChI=1S/C38H30F3N3O3S/c1-25-19-21-26(22-20-25)23-33(44-35(45)28-13-6-3-7-14-28)36(46)42-29-15-10-16-30(24-29)48-34(27-11-4-2-5-12-27)37(47)43-32-18-9-8-17-31(32)38(39,40)41/h2-24,34H,1H3,(H,42,46)(H,43,47)(H,44,45)/b33-23+. The second kappa shape index (κ2) is 15.3. The molecule has 0 bridgehead atoms. The van der Waals surface area contributed by atoms with Crippen molar-refractivity contribution in [3.63, 3.8) is 0 Å². The van der Waals surface area contributed by atoms with E-state index in [2.05, 4.69) is 16.0 Å². The molecule has 5 aromatic rings. The average Bonchev–Trinajstić information content (AvgIpc) is 3.08. The van der Waals surface area contributed by atoms with E-state index in [1.165, 1.54) is 18.2 Å². The molecule has 3 N–H and O–H groups in total. The molecule has 6 nitrogen and oxygen atoms in total. The number of hydrogen-bond donors (Lipinski definition) is 3. The number of carbonyl (C=O) groups is 3. The van der Waals surface area contributed by atoms with Gasteiger partial charge in [-0.2, -0.15) is 13.2 Å². The van der Waals surface area contributed by atoms with E-state index in [1.807, 2.05) is 31.2 Å². The summed E-state index contributed by atoms with van der Waals surface area (Å²) in [6.45, 7) is 1.94. The summed E-state index contributed by atoms with van der Waals surface area (Å²) in [6.07, 6.45) is -3.08. The van der Waals surface area contributed by atoms with Gasteiger partial charge in [-0.25, -0.2) is 0 Å². The van der Waals surface area contributed by atoms with Crippen molar-refractivity contribution in [2.45, 2.75) is 23.2 Å². The van der Waals surface area contributed by atoms with E-state index >= 15 is 0 Å². The Labute approximate surface area is 280 Å². The largest absolute Gasteiger partial charge is 0.418 e. The third-order valence-electron chi connectivity index (χ3n) is 7.09. The zero-order valence-corrected chi connectivity index (χ0v) is 26.4. The smallest absolute Gasteiger partial charge is 0.324 e. The second-order valence-electron chi connectivity index (χ2n) is 10.7. The average molecular weight is 666 g/mol. The van der Waals surface area contributed by atoms with Crippen molar-refractivity contribution >= 4 is 46.9 Å². The number of carbonyl (C=O) groups excluding carboxylic acids is 3. The molecular formula is C38H30F3N3O3S. The van der Waals surface area contributed by atoms with Crippen molar-refractivity contribution < 1.29 is 27.6 Å². The van der Waals surface area contributed by atoms with Crippen molar-refractivity contribution in [2.24, 2.45) is 0 Å². The SMILES string of the molecule is Cc1ccc(/C=C(/NC(=O)c2ccccc2)C(=O)Nc2cccc(SC(C(=O)Nc3ccccc3C(F)(F)F)c3ccccc3)c2)cc1. The van der Waals surface area contributed by atoms with E-state index in [0.717, 1.165) is 23.4 Å². The van der Waals surface area contributed by atoms with Crippen LogP contribution in [0.1, 0.15) is 37.9 Å². The zero-order chi connectivity index (χ0) is 34.1. The Morgan fingerprint density at radius 1 is 0.729 bits per heavy atom. The van der Waals surface area contributed by atoms with Gasteiger partial charge in [0.05, 0.1) is 11.3 Å². The molecule has 3 amide bonds. The summed E-state index contributed by atoms with van der Waals surface area (Å²) < 4.78 is 41.0. The Morgan fingerprint density at radius 2 is 1.38 bits per heavy atom. The zero-order valence-electron chi connectivity index (χ0n) is 25.6. The lowest BCUT2D eigenvalue weighted by atomic mass is 10.1. The number of hydrogen-bond acceptors (Lipinski definition) is 4. The normalized spacial score (nSPS) is 12.1. The van der Waals surface area contributed by atoms with Crippen LogP contribution >= 0.6 is 11.8 Å². The van der Waals surface area contributed by atoms with Gasteiger partial charge in [0.2, 0.25) is 5.91 Å². The van der Waals surface area contributed by atoms with Crippen LogP contribution in [-0.2, 0) is 15.8 Å². The fourth-order valence-electron chi connectivity index (χ4n) is 4.69. The van der Waals surface area contributed by atoms with E-state index in [4.69, 9.17) is 0 Å². The molecule has 5 aromatic carbocycles. The van der Waals surface area contributed by atoms with Crippen LogP contribution in [0.5, 0.6) is 0 Å². The fourth-order valence-corrected chi connectivity index (χ4v) is 5.78. The molecular weight excluding hydrogens is 635 g/mol. The minimum absolute atomic E-state index is 0.00984. The third-order valence-corrected chi connectivity index (χ3v) is 8.34. The minimum atomic E-state index is -4.65. The van der Waals surface area contributed by atoms with E-state index in [-0.39, 0.29) is 11.4 Å². The highest BCUT2D eigenvalue weighted by atomic mass is 32.2. The maximum Gasteiger partial charge on any atom is 0.418 e. The Morgan fingerprint density at radius 3 is 2.06 bits per heavy atom. The second-order valence-corrected chi connectivity index (χ2v) is 11.9. The maximum atomic E-state index is 13.7. The van der Waals surface area contributed by atoms with Gasteiger partial charge in [0.25, 0.3) is 11.8 Å². The van der Waals surface area contributed by atoms with Crippen molar-refractivity contribution in [2.75, 3.05) is 10.6 Å². The summed E-state index contributed by atoms with van der Waals surface area (Å²) in [6, 6.07) is 36.2. The van der Waals surface area contributed by atoms with Crippen molar-refractivity contribution in [1.29, 1.82) is 0 Å². The Kier molecular flexibility index (Phi) is 10.8. The van der Waals surface area contributed by atoms with Crippen LogP contribution in [0.25, 0.3) is 6.08 Å². The number of aryl methyl sites for hydroxylation is 1. The van der Waals surface area contributed by atoms with Gasteiger partial charge < -0.3 is 16.0 Å². The minimum Gasteiger partial charge on any atom is -0.324 e. The van der Waals surface area contributed by atoms with Crippen LogP contribution in [-0.4, -0.2) is 17.7 Å². The first-order valence-corrected chi connectivity index (χ1v) is 15.7. The van der Waals surface area contributed by atoms with Gasteiger partial charge in [-0.15, -0.1) is 11.8 Å². The molecule has 242 valence electrons. The van der Waals surface area contributed by atoms with E-state index in [0.29, 0.717) is 27.3 Å². The highest BCUT2D eigenvalue weighted by Crippen LogP contribution is 2.39. The van der Waals surface area contributed by atoms with Gasteiger partial charge >= 0.3 is 6.18 Å². The third kappa shape index (κ3) is 9.01. The molecule has 0 fully saturated rings. The van der Waals surface area contributed by atoms with Crippen LogP contribution in [0.2, 0.25) is 0 Å². The number of anilines is 2. The lowest BCUT2D eigenvalue weighted by Crippen LogP contribution is -2.30. The number of para-hydroxylation sites is 1. The first-order chi connectivity index (χ1) is 23.1. The number of amides is 3. The Hall–Kier alpha value is -5.61. The van der Waals surface area contributed by atoms with Gasteiger partial charge in [0.1, 0.15) is 10.9 Å². The number of rotatable bonds is 10. The van der Waals surface area contributed by atoms with Crippen molar-refractivity contribution in [1.82, 2.24) is 5.32 Å². The first-order valence-electron chi connectivity index (χ1n) is 14.8. The van der Waals surface area contributed by atoms with Gasteiger partial charge in [-0.05, 0) is 66.6 Å². The summed E-state index contributed by atoms with van der Waals surface area (Å²) >= 11 is 1.12. The molecule has 0 aliphatic rings. The maximum absolute atomic E-state index is 13.7. The summed E-state index contributed by atoms with van der Waals surface area (Å²) in [5, 5.41) is 7.05. The van der Waals surface area contributed by atoms with Crippen LogP contribution in [0.4, 0.5) is 24.5 Å². The van der Waals surface area contributed by atoms with Crippen LogP contribution in [0.3, 0.4) is 0 Å². The molecule has 0 heterocycles. The Balaban J connectivity index is 1.39. The van der Waals surface area contributed by atoms with Gasteiger partial charge in [0, 0.05) is 16.1 Å². The van der Waals surface area contributed by atoms with E-state index < -0.39 is 34.7 Å². The summed E-state index contributed by atoms with van der Waals surface area (Å²) in [7, 11) is 0. The monoisotopic (exact) mass is 665 g/mol. The van der Waals surface area contributed by atoms with Gasteiger partial charge in [0.15, 0.2) is 0 Å². The Bertz CT molecular complexity index is 1930. The number of alkyl halides is 3. The van der Waals surface area contributed by atoms with E-state index in [1.54, 1.807) is 91.0 Å². The number of nitrogens with one attached hydrogen (secondary N) is 3. The van der Waals surface area contributed by atoms with Gasteiger partial charge in [-0.3, -0.25) is 14.4 Å². The molecule has 0 saturated carbocycles. The summed E-state index contributed by atoms with van der Waals surface area (Å²) in [5.41, 5.74) is 1.78. The lowest BCUT2D eigenvalue weighted by Gasteiger charge is -2.19. The molecule has 1 atom stereocenters. The molecule has 10 heteroatoms.